The van der Waals surface area contributed by atoms with E-state index in [9.17, 15) is 0 Å². The van der Waals surface area contributed by atoms with E-state index < -0.39 is 0 Å². The second kappa shape index (κ2) is 3.84. The zero-order chi connectivity index (χ0) is 12.2. The number of hydrogen-bond acceptors (Lipinski definition) is 1. The maximum absolute atomic E-state index is 6.83. The lowest BCUT2D eigenvalue weighted by Crippen LogP contribution is -2.39. The van der Waals surface area contributed by atoms with Gasteiger partial charge in [-0.3, -0.25) is 0 Å². The maximum Gasteiger partial charge on any atom is 0.0250 e. The van der Waals surface area contributed by atoms with Crippen LogP contribution in [0, 0.1) is 17.8 Å². The SMILES string of the molecule is NC1(C2CCc3ccccc3C2)C2CCCCC21. The van der Waals surface area contributed by atoms with Crippen molar-refractivity contribution in [2.75, 3.05) is 0 Å². The van der Waals surface area contributed by atoms with Crippen molar-refractivity contribution in [3.05, 3.63) is 35.4 Å². The fourth-order valence-corrected chi connectivity index (χ4v) is 4.95. The Balaban J connectivity index is 1.58. The van der Waals surface area contributed by atoms with Crippen molar-refractivity contribution in [3.8, 4) is 0 Å². The van der Waals surface area contributed by atoms with E-state index in [0.29, 0.717) is 0 Å². The summed E-state index contributed by atoms with van der Waals surface area (Å²) in [5, 5.41) is 0. The molecule has 0 radical (unpaired) electrons. The molecule has 3 unspecified atom stereocenters. The zero-order valence-electron chi connectivity index (χ0n) is 11.1. The summed E-state index contributed by atoms with van der Waals surface area (Å²) >= 11 is 0. The Bertz CT molecular complexity index is 452. The zero-order valence-corrected chi connectivity index (χ0v) is 11.1. The first-order valence-electron chi connectivity index (χ1n) is 7.66. The highest BCUT2D eigenvalue weighted by Crippen LogP contribution is 2.62. The molecule has 0 spiro atoms. The molecule has 0 saturated heterocycles. The average Bonchev–Trinajstić information content (AvgIpc) is 3.06. The Morgan fingerprint density at radius 3 is 2.33 bits per heavy atom. The van der Waals surface area contributed by atoms with Crippen molar-refractivity contribution in [3.63, 3.8) is 0 Å². The van der Waals surface area contributed by atoms with E-state index in [4.69, 9.17) is 5.73 Å². The highest BCUT2D eigenvalue weighted by Gasteiger charge is 2.65. The van der Waals surface area contributed by atoms with Crippen LogP contribution in [0.1, 0.15) is 43.2 Å². The van der Waals surface area contributed by atoms with Crippen LogP contribution < -0.4 is 5.73 Å². The van der Waals surface area contributed by atoms with Crippen molar-refractivity contribution in [1.82, 2.24) is 0 Å². The lowest BCUT2D eigenvalue weighted by atomic mass is 9.77. The summed E-state index contributed by atoms with van der Waals surface area (Å²) in [4.78, 5) is 0. The van der Waals surface area contributed by atoms with Crippen molar-refractivity contribution >= 4 is 0 Å². The van der Waals surface area contributed by atoms with Crippen LogP contribution in [-0.4, -0.2) is 5.54 Å². The predicted octanol–water partition coefficient (Wildman–Crippen LogP) is 3.31. The Morgan fingerprint density at radius 1 is 0.944 bits per heavy atom. The molecular formula is C17H23N. The smallest absolute Gasteiger partial charge is 0.0250 e. The van der Waals surface area contributed by atoms with Crippen molar-refractivity contribution in [2.24, 2.45) is 23.5 Å². The van der Waals surface area contributed by atoms with Gasteiger partial charge in [0.15, 0.2) is 0 Å². The van der Waals surface area contributed by atoms with Crippen LogP contribution in [0.2, 0.25) is 0 Å². The van der Waals surface area contributed by atoms with Crippen LogP contribution in [-0.2, 0) is 12.8 Å². The first-order chi connectivity index (χ1) is 8.80. The van der Waals surface area contributed by atoms with E-state index >= 15 is 0 Å². The first-order valence-corrected chi connectivity index (χ1v) is 7.66. The van der Waals surface area contributed by atoms with Gasteiger partial charge in [0.05, 0.1) is 0 Å². The predicted molar refractivity (Wildman–Crippen MR) is 74.3 cm³/mol. The number of hydrogen-bond donors (Lipinski definition) is 1. The van der Waals surface area contributed by atoms with Gasteiger partial charge in [-0.2, -0.15) is 0 Å². The van der Waals surface area contributed by atoms with Crippen LogP contribution >= 0.6 is 0 Å². The van der Waals surface area contributed by atoms with E-state index in [1.54, 1.807) is 11.1 Å². The first kappa shape index (κ1) is 11.0. The highest BCUT2D eigenvalue weighted by atomic mass is 14.9. The van der Waals surface area contributed by atoms with Crippen LogP contribution in [0.5, 0.6) is 0 Å². The van der Waals surface area contributed by atoms with Gasteiger partial charge < -0.3 is 5.73 Å². The largest absolute Gasteiger partial charge is 0.324 e. The Kier molecular flexibility index (Phi) is 2.35. The van der Waals surface area contributed by atoms with E-state index in [-0.39, 0.29) is 5.54 Å². The maximum atomic E-state index is 6.83. The molecule has 0 heterocycles. The second-order valence-corrected chi connectivity index (χ2v) is 6.71. The third-order valence-electron chi connectivity index (χ3n) is 6.00. The number of rotatable bonds is 1. The van der Waals surface area contributed by atoms with E-state index in [2.05, 4.69) is 24.3 Å². The standard InChI is InChI=1S/C17H23N/c18-17(15-7-3-4-8-16(15)17)14-10-9-12-5-1-2-6-13(12)11-14/h1-2,5-6,14-16H,3-4,7-11,18H2. The van der Waals surface area contributed by atoms with Gasteiger partial charge in [0.1, 0.15) is 0 Å². The minimum Gasteiger partial charge on any atom is -0.324 e. The Labute approximate surface area is 110 Å². The quantitative estimate of drug-likeness (QED) is 0.802. The van der Waals surface area contributed by atoms with Gasteiger partial charge >= 0.3 is 0 Å². The topological polar surface area (TPSA) is 26.0 Å². The molecular weight excluding hydrogens is 218 g/mol. The van der Waals surface area contributed by atoms with Crippen molar-refractivity contribution in [2.45, 2.75) is 50.5 Å². The molecule has 2 saturated carbocycles. The van der Waals surface area contributed by atoms with Gasteiger partial charge in [0.25, 0.3) is 0 Å². The molecule has 4 rings (SSSR count). The molecule has 2 N–H and O–H groups in total. The highest BCUT2D eigenvalue weighted by molar-refractivity contribution is 5.33. The molecule has 3 aliphatic carbocycles. The molecule has 1 nitrogen and oxygen atoms in total. The summed E-state index contributed by atoms with van der Waals surface area (Å²) in [6.45, 7) is 0. The molecule has 2 fully saturated rings. The van der Waals surface area contributed by atoms with Crippen LogP contribution in [0.15, 0.2) is 24.3 Å². The average molecular weight is 241 g/mol. The van der Waals surface area contributed by atoms with Crippen molar-refractivity contribution in [1.29, 1.82) is 0 Å². The van der Waals surface area contributed by atoms with Gasteiger partial charge in [0.2, 0.25) is 0 Å². The number of benzene rings is 1. The Hall–Kier alpha value is -0.820. The van der Waals surface area contributed by atoms with Crippen molar-refractivity contribution < 1.29 is 0 Å². The van der Waals surface area contributed by atoms with Gasteiger partial charge in [0, 0.05) is 5.54 Å². The van der Waals surface area contributed by atoms with Gasteiger partial charge in [-0.25, -0.2) is 0 Å². The van der Waals surface area contributed by atoms with E-state index in [1.165, 1.54) is 44.9 Å². The minimum absolute atomic E-state index is 0.212. The molecule has 1 aromatic rings. The fraction of sp³-hybridized carbons (Fsp3) is 0.647. The fourth-order valence-electron chi connectivity index (χ4n) is 4.95. The molecule has 1 heteroatoms. The van der Waals surface area contributed by atoms with E-state index in [1.807, 2.05) is 0 Å². The number of nitrogens with two attached hydrogens (primary N) is 1. The summed E-state index contributed by atoms with van der Waals surface area (Å²) < 4.78 is 0. The normalized spacial score (nSPS) is 41.9. The summed E-state index contributed by atoms with van der Waals surface area (Å²) in [7, 11) is 0. The number of aryl methyl sites for hydroxylation is 1. The monoisotopic (exact) mass is 241 g/mol. The summed E-state index contributed by atoms with van der Waals surface area (Å²) in [6, 6.07) is 8.98. The molecule has 96 valence electrons. The third-order valence-corrected chi connectivity index (χ3v) is 6.00. The molecule has 3 aliphatic rings. The molecule has 1 aromatic carbocycles. The lowest BCUT2D eigenvalue weighted by molar-refractivity contribution is 0.324. The Morgan fingerprint density at radius 2 is 1.61 bits per heavy atom. The molecule has 0 amide bonds. The molecule has 3 atom stereocenters. The molecule has 18 heavy (non-hydrogen) atoms. The molecule has 0 bridgehead atoms. The van der Waals surface area contributed by atoms with Crippen LogP contribution in [0.4, 0.5) is 0 Å². The van der Waals surface area contributed by atoms with Gasteiger partial charge in [-0.05, 0) is 61.0 Å². The minimum atomic E-state index is 0.212. The summed E-state index contributed by atoms with van der Waals surface area (Å²) in [5.74, 6) is 2.48. The number of fused-ring (bicyclic) bond motifs is 2. The summed E-state index contributed by atoms with van der Waals surface area (Å²) in [6.07, 6.45) is 9.45. The second-order valence-electron chi connectivity index (χ2n) is 6.71. The van der Waals surface area contributed by atoms with Crippen LogP contribution in [0.25, 0.3) is 0 Å². The molecule has 0 aromatic heterocycles. The summed E-state index contributed by atoms with van der Waals surface area (Å²) in [5.41, 5.74) is 10.2. The van der Waals surface area contributed by atoms with Crippen LogP contribution in [0.3, 0.4) is 0 Å². The van der Waals surface area contributed by atoms with Gasteiger partial charge in [-0.15, -0.1) is 0 Å². The van der Waals surface area contributed by atoms with Gasteiger partial charge in [-0.1, -0.05) is 37.1 Å². The third kappa shape index (κ3) is 1.43. The lowest BCUT2D eigenvalue weighted by Gasteiger charge is -2.31. The van der Waals surface area contributed by atoms with E-state index in [0.717, 1.165) is 17.8 Å². The molecule has 0 aliphatic heterocycles.